The van der Waals surface area contributed by atoms with Gasteiger partial charge in [0, 0.05) is 5.56 Å². The van der Waals surface area contributed by atoms with Crippen LogP contribution in [-0.4, -0.2) is 18.3 Å². The van der Waals surface area contributed by atoms with E-state index in [1.54, 1.807) is 7.11 Å². The van der Waals surface area contributed by atoms with Crippen molar-refractivity contribution in [1.82, 2.24) is 0 Å². The lowest BCUT2D eigenvalue weighted by molar-refractivity contribution is -0.116. The molecule has 1 aromatic carbocycles. The first-order valence-corrected chi connectivity index (χ1v) is 9.09. The molecule has 0 radical (unpaired) electrons. The van der Waals surface area contributed by atoms with Gasteiger partial charge in [0.15, 0.2) is 0 Å². The Morgan fingerprint density at radius 1 is 1.08 bits per heavy atom. The number of hydrogen-bond acceptors (Lipinski definition) is 2. The SMILES string of the molecule is COc1ccc(C(C)C)cc1C=CCCCC(C)(C)OC(C)(C)C. The highest BCUT2D eigenvalue weighted by molar-refractivity contribution is 5.58. The Morgan fingerprint density at radius 3 is 2.29 bits per heavy atom. The van der Waals surface area contributed by atoms with E-state index < -0.39 is 0 Å². The molecule has 0 fully saturated rings. The second-order valence-corrected chi connectivity index (χ2v) is 8.42. The van der Waals surface area contributed by atoms with Crippen LogP contribution >= 0.6 is 0 Å². The van der Waals surface area contributed by atoms with Crippen LogP contribution in [0.1, 0.15) is 84.8 Å². The Hall–Kier alpha value is -1.28. The summed E-state index contributed by atoms with van der Waals surface area (Å²) in [6.45, 7) is 15.1. The largest absolute Gasteiger partial charge is 0.496 e. The lowest BCUT2D eigenvalue weighted by atomic mass is 9.98. The Kier molecular flexibility index (Phi) is 7.54. The van der Waals surface area contributed by atoms with Gasteiger partial charge >= 0.3 is 0 Å². The highest BCUT2D eigenvalue weighted by Crippen LogP contribution is 2.27. The van der Waals surface area contributed by atoms with Crippen molar-refractivity contribution in [3.8, 4) is 5.75 Å². The summed E-state index contributed by atoms with van der Waals surface area (Å²) in [5.74, 6) is 1.46. The average molecular weight is 333 g/mol. The lowest BCUT2D eigenvalue weighted by Crippen LogP contribution is -2.34. The topological polar surface area (TPSA) is 18.5 Å². The van der Waals surface area contributed by atoms with Gasteiger partial charge in [-0.25, -0.2) is 0 Å². The maximum atomic E-state index is 6.12. The van der Waals surface area contributed by atoms with Crippen LogP contribution in [0.5, 0.6) is 5.75 Å². The zero-order valence-corrected chi connectivity index (χ0v) is 16.9. The van der Waals surface area contributed by atoms with Crippen molar-refractivity contribution in [1.29, 1.82) is 0 Å². The normalized spacial score (nSPS) is 13.0. The van der Waals surface area contributed by atoms with Gasteiger partial charge in [-0.15, -0.1) is 0 Å². The van der Waals surface area contributed by atoms with Gasteiger partial charge in [0.05, 0.1) is 18.3 Å². The van der Waals surface area contributed by atoms with Crippen molar-refractivity contribution >= 4 is 6.08 Å². The van der Waals surface area contributed by atoms with Gasteiger partial charge < -0.3 is 9.47 Å². The van der Waals surface area contributed by atoms with Gasteiger partial charge in [-0.1, -0.05) is 32.1 Å². The van der Waals surface area contributed by atoms with Crippen LogP contribution in [0.2, 0.25) is 0 Å². The first-order valence-electron chi connectivity index (χ1n) is 9.09. The third kappa shape index (κ3) is 7.53. The number of unbranched alkanes of at least 4 members (excludes halogenated alkanes) is 1. The second-order valence-electron chi connectivity index (χ2n) is 8.42. The van der Waals surface area contributed by atoms with Crippen LogP contribution in [0.25, 0.3) is 6.08 Å². The summed E-state index contributed by atoms with van der Waals surface area (Å²) in [6.07, 6.45) is 7.65. The molecular formula is C22H36O2. The Labute approximate surface area is 149 Å². The second kappa shape index (κ2) is 8.71. The van der Waals surface area contributed by atoms with E-state index in [0.717, 1.165) is 30.6 Å². The molecule has 0 atom stereocenters. The van der Waals surface area contributed by atoms with E-state index in [1.165, 1.54) is 5.56 Å². The van der Waals surface area contributed by atoms with Crippen LogP contribution in [0.4, 0.5) is 0 Å². The van der Waals surface area contributed by atoms with Crippen molar-refractivity contribution in [2.24, 2.45) is 0 Å². The van der Waals surface area contributed by atoms with E-state index in [-0.39, 0.29) is 11.2 Å². The summed E-state index contributed by atoms with van der Waals surface area (Å²) in [7, 11) is 1.73. The molecule has 1 rings (SSSR count). The molecule has 24 heavy (non-hydrogen) atoms. The molecule has 0 aliphatic rings. The molecule has 0 heterocycles. The third-order valence-corrected chi connectivity index (χ3v) is 3.95. The van der Waals surface area contributed by atoms with Gasteiger partial charge in [-0.05, 0) is 77.5 Å². The third-order valence-electron chi connectivity index (χ3n) is 3.95. The molecule has 0 amide bonds. The fraction of sp³-hybridized carbons (Fsp3) is 0.636. The summed E-state index contributed by atoms with van der Waals surface area (Å²) in [5, 5.41) is 0. The predicted octanol–water partition coefficient (Wildman–Crippen LogP) is 6.60. The molecule has 0 bridgehead atoms. The Morgan fingerprint density at radius 2 is 1.75 bits per heavy atom. The molecule has 0 aromatic heterocycles. The summed E-state index contributed by atoms with van der Waals surface area (Å²) < 4.78 is 11.6. The summed E-state index contributed by atoms with van der Waals surface area (Å²) in [6, 6.07) is 6.44. The molecule has 0 saturated carbocycles. The van der Waals surface area contributed by atoms with Crippen molar-refractivity contribution in [2.45, 2.75) is 84.8 Å². The molecular weight excluding hydrogens is 296 g/mol. The predicted molar refractivity (Wildman–Crippen MR) is 105 cm³/mol. The van der Waals surface area contributed by atoms with Crippen LogP contribution in [0.15, 0.2) is 24.3 Å². The number of benzene rings is 1. The minimum absolute atomic E-state index is 0.0820. The smallest absolute Gasteiger partial charge is 0.126 e. The van der Waals surface area contributed by atoms with Crippen molar-refractivity contribution in [3.63, 3.8) is 0 Å². The fourth-order valence-corrected chi connectivity index (χ4v) is 2.98. The molecule has 0 aliphatic carbocycles. The molecule has 0 unspecified atom stereocenters. The van der Waals surface area contributed by atoms with E-state index >= 15 is 0 Å². The fourth-order valence-electron chi connectivity index (χ4n) is 2.98. The minimum atomic E-state index is -0.0933. The highest BCUT2D eigenvalue weighted by atomic mass is 16.5. The maximum Gasteiger partial charge on any atom is 0.126 e. The number of hydrogen-bond donors (Lipinski definition) is 0. The van der Waals surface area contributed by atoms with Crippen molar-refractivity contribution in [2.75, 3.05) is 7.11 Å². The van der Waals surface area contributed by atoms with Gasteiger partial charge in [-0.2, -0.15) is 0 Å². The molecule has 0 N–H and O–H groups in total. The van der Waals surface area contributed by atoms with Crippen LogP contribution in [0, 0.1) is 0 Å². The molecule has 2 nitrogen and oxygen atoms in total. The van der Waals surface area contributed by atoms with Gasteiger partial charge in [0.2, 0.25) is 0 Å². The summed E-state index contributed by atoms with van der Waals surface area (Å²) >= 11 is 0. The molecule has 0 spiro atoms. The molecule has 1 aromatic rings. The highest BCUT2D eigenvalue weighted by Gasteiger charge is 2.24. The van der Waals surface area contributed by atoms with Crippen LogP contribution < -0.4 is 4.74 Å². The number of methoxy groups -OCH3 is 1. The number of allylic oxidation sites excluding steroid dienone is 1. The Bertz CT molecular complexity index is 533. The molecule has 0 aliphatic heterocycles. The quantitative estimate of drug-likeness (QED) is 0.499. The van der Waals surface area contributed by atoms with Gasteiger partial charge in [0.25, 0.3) is 0 Å². The van der Waals surface area contributed by atoms with Gasteiger partial charge in [-0.3, -0.25) is 0 Å². The van der Waals surface area contributed by atoms with E-state index in [1.807, 2.05) is 0 Å². The zero-order chi connectivity index (χ0) is 18.4. The maximum absolute atomic E-state index is 6.12. The van der Waals surface area contributed by atoms with Crippen molar-refractivity contribution < 1.29 is 9.47 Å². The van der Waals surface area contributed by atoms with E-state index in [2.05, 4.69) is 78.8 Å². The first kappa shape index (κ1) is 20.8. The monoisotopic (exact) mass is 332 g/mol. The molecule has 136 valence electrons. The number of rotatable bonds is 8. The van der Waals surface area contributed by atoms with Crippen molar-refractivity contribution in [3.05, 3.63) is 35.4 Å². The van der Waals surface area contributed by atoms with Crippen LogP contribution in [-0.2, 0) is 4.74 Å². The van der Waals surface area contributed by atoms with E-state index in [0.29, 0.717) is 5.92 Å². The molecule has 0 saturated heterocycles. The van der Waals surface area contributed by atoms with Crippen LogP contribution in [0.3, 0.4) is 0 Å². The Balaban J connectivity index is 2.60. The summed E-state index contributed by atoms with van der Waals surface area (Å²) in [5.41, 5.74) is 2.33. The number of ether oxygens (including phenoxy) is 2. The summed E-state index contributed by atoms with van der Waals surface area (Å²) in [4.78, 5) is 0. The standard InChI is InChI=1S/C22H36O2/c1-17(2)18-13-14-20(23-8)19(16-18)12-10-9-11-15-22(6,7)24-21(3,4)5/h10,12-14,16-17H,9,11,15H2,1-8H3. The van der Waals surface area contributed by atoms with Gasteiger partial charge in [0.1, 0.15) is 5.75 Å². The van der Waals surface area contributed by atoms with E-state index in [9.17, 15) is 0 Å². The molecule has 2 heteroatoms. The van der Waals surface area contributed by atoms with E-state index in [4.69, 9.17) is 9.47 Å². The lowest BCUT2D eigenvalue weighted by Gasteiger charge is -2.33. The zero-order valence-electron chi connectivity index (χ0n) is 16.9. The average Bonchev–Trinajstić information content (AvgIpc) is 2.43. The first-order chi connectivity index (χ1) is 11.0. The minimum Gasteiger partial charge on any atom is -0.496 e.